The van der Waals surface area contributed by atoms with Crippen molar-refractivity contribution in [3.05, 3.63) is 46.4 Å². The van der Waals surface area contributed by atoms with Gasteiger partial charge in [0.1, 0.15) is 0 Å². The van der Waals surface area contributed by atoms with Crippen molar-refractivity contribution in [3.63, 3.8) is 0 Å². The Morgan fingerprint density at radius 2 is 1.95 bits per heavy atom. The number of aryl methyl sites for hydroxylation is 1. The maximum atomic E-state index is 12.4. The topological polar surface area (TPSA) is 28.5 Å². The largest absolute Gasteiger partial charge is 0.353 e. The van der Waals surface area contributed by atoms with Crippen LogP contribution in [0, 0.1) is 11.8 Å². The molecule has 0 N–H and O–H groups in total. The third-order valence-electron chi connectivity index (χ3n) is 5.02. The number of aromatic nitrogens is 1. The summed E-state index contributed by atoms with van der Waals surface area (Å²) in [7, 11) is 2.10. The lowest BCUT2D eigenvalue weighted by Gasteiger charge is -2.21. The molecule has 2 atom stereocenters. The Morgan fingerprint density at radius 3 is 2.55 bits per heavy atom. The van der Waals surface area contributed by atoms with Gasteiger partial charge in [-0.1, -0.05) is 6.07 Å². The summed E-state index contributed by atoms with van der Waals surface area (Å²) in [5, 5.41) is 1.98. The minimum Gasteiger partial charge on any atom is -0.353 e. The number of likely N-dealkylation sites (tertiary alicyclic amines) is 2. The molecule has 4 heterocycles. The van der Waals surface area contributed by atoms with Crippen LogP contribution in [0.3, 0.4) is 0 Å². The van der Waals surface area contributed by atoms with E-state index < -0.39 is 0 Å². The van der Waals surface area contributed by atoms with Crippen LogP contribution in [0.2, 0.25) is 0 Å². The number of nitrogens with zero attached hydrogens (tertiary/aromatic N) is 3. The minimum atomic E-state index is 0.221. The molecule has 0 aliphatic carbocycles. The van der Waals surface area contributed by atoms with Gasteiger partial charge in [0.15, 0.2) is 0 Å². The summed E-state index contributed by atoms with van der Waals surface area (Å²) in [5.41, 5.74) is 1.37. The highest BCUT2D eigenvalue weighted by Crippen LogP contribution is 2.33. The molecule has 5 heteroatoms. The van der Waals surface area contributed by atoms with Crippen molar-refractivity contribution in [2.24, 2.45) is 18.9 Å². The summed E-state index contributed by atoms with van der Waals surface area (Å²) in [6, 6.07) is 8.19. The molecule has 0 aromatic carbocycles. The first-order chi connectivity index (χ1) is 10.7. The Morgan fingerprint density at radius 1 is 1.18 bits per heavy atom. The number of amides is 1. The first-order valence-electron chi connectivity index (χ1n) is 7.86. The highest BCUT2D eigenvalue weighted by atomic mass is 32.1. The van der Waals surface area contributed by atoms with Crippen LogP contribution in [0.4, 0.5) is 0 Å². The van der Waals surface area contributed by atoms with Crippen molar-refractivity contribution < 1.29 is 4.79 Å². The average molecular weight is 315 g/mol. The molecule has 116 valence electrons. The number of carbonyl (C=O) groups is 1. The third kappa shape index (κ3) is 2.48. The Bertz CT molecular complexity index is 649. The molecule has 22 heavy (non-hydrogen) atoms. The maximum Gasteiger partial charge on any atom is 0.263 e. The van der Waals surface area contributed by atoms with Gasteiger partial charge in [0.05, 0.1) is 4.88 Å². The molecule has 1 amide bonds. The molecule has 0 unspecified atom stereocenters. The van der Waals surface area contributed by atoms with Gasteiger partial charge in [0, 0.05) is 51.7 Å². The molecule has 2 aliphatic rings. The van der Waals surface area contributed by atoms with Crippen LogP contribution in [0.15, 0.2) is 35.8 Å². The van der Waals surface area contributed by atoms with Crippen LogP contribution in [-0.4, -0.2) is 46.5 Å². The number of hydrogen-bond donors (Lipinski definition) is 0. The van der Waals surface area contributed by atoms with Crippen LogP contribution < -0.4 is 0 Å². The molecule has 0 radical (unpaired) electrons. The lowest BCUT2D eigenvalue weighted by atomic mass is 10.0. The Labute approximate surface area is 135 Å². The maximum absolute atomic E-state index is 12.4. The van der Waals surface area contributed by atoms with E-state index in [1.165, 1.54) is 5.69 Å². The molecular weight excluding hydrogens is 294 g/mol. The van der Waals surface area contributed by atoms with Gasteiger partial charge in [-0.3, -0.25) is 9.69 Å². The van der Waals surface area contributed by atoms with Gasteiger partial charge in [-0.05, 0) is 35.4 Å². The van der Waals surface area contributed by atoms with Crippen LogP contribution in [0.25, 0.3) is 0 Å². The molecule has 4 rings (SSSR count). The van der Waals surface area contributed by atoms with E-state index in [4.69, 9.17) is 0 Å². The summed E-state index contributed by atoms with van der Waals surface area (Å²) in [5.74, 6) is 1.51. The Kier molecular flexibility index (Phi) is 3.54. The highest BCUT2D eigenvalue weighted by molar-refractivity contribution is 7.12. The zero-order chi connectivity index (χ0) is 15.1. The highest BCUT2D eigenvalue weighted by Gasteiger charge is 2.41. The van der Waals surface area contributed by atoms with Gasteiger partial charge in [-0.15, -0.1) is 11.3 Å². The summed E-state index contributed by atoms with van der Waals surface area (Å²) in [6.07, 6.45) is 2.10. The van der Waals surface area contributed by atoms with E-state index in [0.717, 1.165) is 37.6 Å². The van der Waals surface area contributed by atoms with Crippen LogP contribution in [0.5, 0.6) is 0 Å². The molecule has 0 spiro atoms. The standard InChI is InChI=1S/C17H21N3OS/c1-18-6-2-4-15(18)12-19-8-13-10-20(11-14(13)9-19)17(21)16-5-3-7-22-16/h2-7,13-14H,8-12H2,1H3/t13-,14+. The molecule has 0 saturated carbocycles. The average Bonchev–Trinajstić information content (AvgIpc) is 3.23. The van der Waals surface area contributed by atoms with Gasteiger partial charge in [-0.25, -0.2) is 0 Å². The minimum absolute atomic E-state index is 0.221. The SMILES string of the molecule is Cn1cccc1CN1C[C@@H]2CN(C(=O)c3cccs3)C[C@@H]2C1. The monoisotopic (exact) mass is 315 g/mol. The van der Waals surface area contributed by atoms with E-state index in [1.807, 2.05) is 17.5 Å². The van der Waals surface area contributed by atoms with Crippen molar-refractivity contribution >= 4 is 17.2 Å². The molecule has 2 fully saturated rings. The van der Waals surface area contributed by atoms with Gasteiger partial charge in [-0.2, -0.15) is 0 Å². The van der Waals surface area contributed by atoms with E-state index in [2.05, 4.69) is 39.7 Å². The quantitative estimate of drug-likeness (QED) is 0.869. The fourth-order valence-corrected chi connectivity index (χ4v) is 4.52. The first-order valence-corrected chi connectivity index (χ1v) is 8.74. The molecule has 4 nitrogen and oxygen atoms in total. The number of hydrogen-bond acceptors (Lipinski definition) is 3. The second-order valence-corrected chi connectivity index (χ2v) is 7.46. The fourth-order valence-electron chi connectivity index (χ4n) is 3.83. The van der Waals surface area contributed by atoms with Crippen molar-refractivity contribution in [1.29, 1.82) is 0 Å². The number of rotatable bonds is 3. The van der Waals surface area contributed by atoms with Crippen LogP contribution in [0.1, 0.15) is 15.4 Å². The predicted octanol–water partition coefficient (Wildman–Crippen LogP) is 2.29. The Hall–Kier alpha value is -1.59. The van der Waals surface area contributed by atoms with Crippen molar-refractivity contribution in [3.8, 4) is 0 Å². The molecule has 0 bridgehead atoms. The van der Waals surface area contributed by atoms with Crippen molar-refractivity contribution in [1.82, 2.24) is 14.4 Å². The first kappa shape index (κ1) is 14.0. The molecule has 2 aliphatic heterocycles. The lowest BCUT2D eigenvalue weighted by molar-refractivity contribution is 0.0778. The smallest absolute Gasteiger partial charge is 0.263 e. The van der Waals surface area contributed by atoms with E-state index in [0.29, 0.717) is 11.8 Å². The predicted molar refractivity (Wildman–Crippen MR) is 87.9 cm³/mol. The van der Waals surface area contributed by atoms with Gasteiger partial charge < -0.3 is 9.47 Å². The molecule has 2 aromatic rings. The number of thiophene rings is 1. The molecule has 2 aromatic heterocycles. The van der Waals surface area contributed by atoms with Crippen molar-refractivity contribution in [2.75, 3.05) is 26.2 Å². The van der Waals surface area contributed by atoms with Gasteiger partial charge in [0.25, 0.3) is 5.91 Å². The van der Waals surface area contributed by atoms with Gasteiger partial charge >= 0.3 is 0 Å². The number of fused-ring (bicyclic) bond motifs is 1. The fraction of sp³-hybridized carbons (Fsp3) is 0.471. The summed E-state index contributed by atoms with van der Waals surface area (Å²) in [4.78, 5) is 17.9. The zero-order valence-electron chi connectivity index (χ0n) is 12.8. The van der Waals surface area contributed by atoms with E-state index in [9.17, 15) is 4.79 Å². The van der Waals surface area contributed by atoms with E-state index >= 15 is 0 Å². The van der Waals surface area contributed by atoms with Crippen LogP contribution >= 0.6 is 11.3 Å². The zero-order valence-corrected chi connectivity index (χ0v) is 13.6. The summed E-state index contributed by atoms with van der Waals surface area (Å²) < 4.78 is 2.20. The normalized spacial score (nSPS) is 24.9. The van der Waals surface area contributed by atoms with Crippen LogP contribution in [-0.2, 0) is 13.6 Å². The molecule has 2 saturated heterocycles. The molecular formula is C17H21N3OS. The second kappa shape index (κ2) is 5.56. The number of carbonyl (C=O) groups excluding carboxylic acids is 1. The van der Waals surface area contributed by atoms with Gasteiger partial charge in [0.2, 0.25) is 0 Å². The lowest BCUT2D eigenvalue weighted by Crippen LogP contribution is -2.32. The second-order valence-electron chi connectivity index (χ2n) is 6.51. The van der Waals surface area contributed by atoms with Crippen molar-refractivity contribution in [2.45, 2.75) is 6.54 Å². The third-order valence-corrected chi connectivity index (χ3v) is 5.88. The van der Waals surface area contributed by atoms with E-state index in [1.54, 1.807) is 11.3 Å². The van der Waals surface area contributed by atoms with E-state index in [-0.39, 0.29) is 5.91 Å². The summed E-state index contributed by atoms with van der Waals surface area (Å²) >= 11 is 1.55. The summed E-state index contributed by atoms with van der Waals surface area (Å²) in [6.45, 7) is 5.10. The Balaban J connectivity index is 1.36.